The van der Waals surface area contributed by atoms with Gasteiger partial charge < -0.3 is 0 Å². The van der Waals surface area contributed by atoms with Crippen LogP contribution in [0.5, 0.6) is 0 Å². The molecule has 140 valence electrons. The van der Waals surface area contributed by atoms with Crippen molar-refractivity contribution in [1.82, 2.24) is 3.97 Å². The minimum absolute atomic E-state index is 0.142. The highest BCUT2D eigenvalue weighted by molar-refractivity contribution is 7.90. The lowest BCUT2D eigenvalue weighted by Gasteiger charge is -2.14. The molecule has 1 heterocycles. The first-order chi connectivity index (χ1) is 13.4. The third kappa shape index (κ3) is 3.04. The van der Waals surface area contributed by atoms with Crippen LogP contribution in [0.4, 0.5) is 0 Å². The molecule has 0 unspecified atom stereocenters. The molecular weight excluding hydrogens is 370 g/mol. The van der Waals surface area contributed by atoms with E-state index in [0.717, 1.165) is 25.9 Å². The predicted molar refractivity (Wildman–Crippen MR) is 111 cm³/mol. The number of nitrogens with zero attached hydrogens (tertiary/aromatic N) is 1. The number of ketones is 1. The minimum Gasteiger partial charge on any atom is -0.293 e. The number of benzene rings is 3. The van der Waals surface area contributed by atoms with Gasteiger partial charge in [-0.05, 0) is 53.6 Å². The summed E-state index contributed by atoms with van der Waals surface area (Å²) in [4.78, 5) is 12.3. The van der Waals surface area contributed by atoms with E-state index in [1.165, 1.54) is 6.92 Å². The van der Waals surface area contributed by atoms with Gasteiger partial charge in [-0.1, -0.05) is 54.1 Å². The molecule has 0 N–H and O–H groups in total. The van der Waals surface area contributed by atoms with E-state index in [1.54, 1.807) is 36.4 Å². The number of rotatable bonds is 4. The van der Waals surface area contributed by atoms with E-state index < -0.39 is 10.0 Å². The molecule has 5 heteroatoms. The van der Waals surface area contributed by atoms with E-state index in [4.69, 9.17) is 0 Å². The molecule has 4 rings (SSSR count). The molecule has 0 fully saturated rings. The number of aryl methyl sites for hydroxylation is 1. The maximum absolute atomic E-state index is 13.4. The van der Waals surface area contributed by atoms with Gasteiger partial charge in [-0.3, -0.25) is 4.79 Å². The molecular formula is C23H19NO3S. The summed E-state index contributed by atoms with van der Waals surface area (Å²) in [6, 6.07) is 23.5. The number of aromatic nitrogens is 1. The molecule has 0 radical (unpaired) electrons. The molecule has 0 aliphatic heterocycles. The maximum Gasteiger partial charge on any atom is 0.268 e. The van der Waals surface area contributed by atoms with Gasteiger partial charge in [0.25, 0.3) is 10.0 Å². The number of carbonyl (C=O) groups is 1. The Hall–Kier alpha value is -3.18. The van der Waals surface area contributed by atoms with E-state index in [2.05, 4.69) is 0 Å². The van der Waals surface area contributed by atoms with Gasteiger partial charge in [0.15, 0.2) is 5.78 Å². The van der Waals surface area contributed by atoms with Crippen LogP contribution in [-0.2, 0) is 10.0 Å². The first-order valence-electron chi connectivity index (χ1n) is 8.92. The van der Waals surface area contributed by atoms with Crippen molar-refractivity contribution in [3.63, 3.8) is 0 Å². The fraction of sp³-hybridized carbons (Fsp3) is 0.0870. The van der Waals surface area contributed by atoms with E-state index in [1.807, 2.05) is 49.4 Å². The van der Waals surface area contributed by atoms with Crippen LogP contribution in [0.25, 0.3) is 22.0 Å². The molecule has 0 amide bonds. The molecule has 1 aromatic heterocycles. The first-order valence-corrected chi connectivity index (χ1v) is 10.4. The first kappa shape index (κ1) is 18.2. The largest absolute Gasteiger partial charge is 0.293 e. The van der Waals surface area contributed by atoms with Crippen LogP contribution in [-0.4, -0.2) is 18.2 Å². The van der Waals surface area contributed by atoms with Gasteiger partial charge in [-0.25, -0.2) is 12.4 Å². The summed E-state index contributed by atoms with van der Waals surface area (Å²) in [5.41, 5.74) is 2.31. The van der Waals surface area contributed by atoms with Gasteiger partial charge >= 0.3 is 0 Å². The Morgan fingerprint density at radius 2 is 1.50 bits per heavy atom. The molecule has 0 aliphatic rings. The molecule has 0 saturated carbocycles. The molecule has 3 aromatic carbocycles. The summed E-state index contributed by atoms with van der Waals surface area (Å²) in [6.45, 7) is 3.27. The summed E-state index contributed by atoms with van der Waals surface area (Å²) in [5, 5.41) is 2.07. The fourth-order valence-electron chi connectivity index (χ4n) is 3.32. The number of hydrogen-bond acceptors (Lipinski definition) is 3. The van der Waals surface area contributed by atoms with E-state index in [-0.39, 0.29) is 16.4 Å². The van der Waals surface area contributed by atoms with Gasteiger partial charge in [0.2, 0.25) is 0 Å². The van der Waals surface area contributed by atoms with Crippen LogP contribution in [0.3, 0.4) is 0 Å². The molecule has 0 spiro atoms. The van der Waals surface area contributed by atoms with E-state index in [9.17, 15) is 13.2 Å². The van der Waals surface area contributed by atoms with Crippen LogP contribution in [0.2, 0.25) is 0 Å². The summed E-state index contributed by atoms with van der Waals surface area (Å²) >= 11 is 0. The average molecular weight is 389 g/mol. The number of fused-ring (bicyclic) bond motifs is 1. The highest BCUT2D eigenvalue weighted by atomic mass is 32.2. The van der Waals surface area contributed by atoms with E-state index in [0.29, 0.717) is 5.69 Å². The van der Waals surface area contributed by atoms with Gasteiger partial charge in [0.05, 0.1) is 10.6 Å². The van der Waals surface area contributed by atoms with E-state index >= 15 is 0 Å². The second kappa shape index (κ2) is 6.77. The topological polar surface area (TPSA) is 56.1 Å². The standard InChI is InChI=1S/C23H19NO3S/c1-16-7-11-21(12-8-16)28(26,27)24-22(17(2)25)13-14-23(24)20-10-9-18-5-3-4-6-19(18)15-20/h3-15H,1-2H3. The minimum atomic E-state index is -3.92. The van der Waals surface area contributed by atoms with Gasteiger partial charge in [0.1, 0.15) is 5.69 Å². The molecule has 0 atom stereocenters. The van der Waals surface area contributed by atoms with Crippen LogP contribution >= 0.6 is 0 Å². The number of Topliss-reactive ketones (excluding diaryl/α,β-unsaturated/α-hetero) is 1. The second-order valence-corrected chi connectivity index (χ2v) is 8.59. The smallest absolute Gasteiger partial charge is 0.268 e. The van der Waals surface area contributed by atoms with Crippen LogP contribution < -0.4 is 0 Å². The Labute approximate surface area is 164 Å². The molecule has 0 bridgehead atoms. The molecule has 0 aliphatic carbocycles. The lowest BCUT2D eigenvalue weighted by Crippen LogP contribution is -2.18. The third-order valence-electron chi connectivity index (χ3n) is 4.80. The zero-order valence-corrected chi connectivity index (χ0v) is 16.4. The second-order valence-electron chi connectivity index (χ2n) is 6.80. The average Bonchev–Trinajstić information content (AvgIpc) is 3.14. The Morgan fingerprint density at radius 3 is 2.18 bits per heavy atom. The third-order valence-corrected chi connectivity index (χ3v) is 6.54. The van der Waals surface area contributed by atoms with Crippen LogP contribution in [0, 0.1) is 6.92 Å². The summed E-state index contributed by atoms with van der Waals surface area (Å²) in [6.07, 6.45) is 0. The molecule has 28 heavy (non-hydrogen) atoms. The lowest BCUT2D eigenvalue weighted by atomic mass is 10.1. The lowest BCUT2D eigenvalue weighted by molar-refractivity contribution is 0.101. The van der Waals surface area contributed by atoms with Crippen molar-refractivity contribution < 1.29 is 13.2 Å². The Kier molecular flexibility index (Phi) is 4.40. The maximum atomic E-state index is 13.4. The van der Waals surface area contributed by atoms with Crippen molar-refractivity contribution in [2.75, 3.05) is 0 Å². The van der Waals surface area contributed by atoms with Crippen molar-refractivity contribution in [1.29, 1.82) is 0 Å². The summed E-state index contributed by atoms with van der Waals surface area (Å²) in [7, 11) is -3.92. The normalized spacial score (nSPS) is 11.6. The van der Waals surface area contributed by atoms with Crippen molar-refractivity contribution in [2.24, 2.45) is 0 Å². The number of hydrogen-bond donors (Lipinski definition) is 0. The Balaban J connectivity index is 1.97. The summed E-state index contributed by atoms with van der Waals surface area (Å²) < 4.78 is 28.0. The van der Waals surface area contributed by atoms with Crippen molar-refractivity contribution in [2.45, 2.75) is 18.7 Å². The predicted octanol–water partition coefficient (Wildman–Crippen LogP) is 5.06. The van der Waals surface area contributed by atoms with Crippen molar-refractivity contribution in [3.8, 4) is 11.3 Å². The zero-order chi connectivity index (χ0) is 19.9. The zero-order valence-electron chi connectivity index (χ0n) is 15.6. The van der Waals surface area contributed by atoms with Crippen LogP contribution in [0.15, 0.2) is 83.8 Å². The van der Waals surface area contributed by atoms with Crippen LogP contribution in [0.1, 0.15) is 23.0 Å². The Bertz CT molecular complexity index is 1300. The summed E-state index contributed by atoms with van der Waals surface area (Å²) in [5.74, 6) is -0.303. The highest BCUT2D eigenvalue weighted by Crippen LogP contribution is 2.30. The fourth-order valence-corrected chi connectivity index (χ4v) is 4.88. The molecule has 0 saturated heterocycles. The van der Waals surface area contributed by atoms with Gasteiger partial charge in [-0.15, -0.1) is 0 Å². The quantitative estimate of drug-likeness (QED) is 0.459. The monoisotopic (exact) mass is 389 g/mol. The molecule has 4 nitrogen and oxygen atoms in total. The van der Waals surface area contributed by atoms with Gasteiger partial charge in [-0.2, -0.15) is 0 Å². The number of carbonyl (C=O) groups excluding carboxylic acids is 1. The highest BCUT2D eigenvalue weighted by Gasteiger charge is 2.25. The van der Waals surface area contributed by atoms with Gasteiger partial charge in [0, 0.05) is 6.92 Å². The molecule has 4 aromatic rings. The van der Waals surface area contributed by atoms with Crippen molar-refractivity contribution in [3.05, 3.63) is 90.1 Å². The van der Waals surface area contributed by atoms with Crippen molar-refractivity contribution >= 4 is 26.6 Å². The Morgan fingerprint density at radius 1 is 0.821 bits per heavy atom. The SMILES string of the molecule is CC(=O)c1ccc(-c2ccc3ccccc3c2)n1S(=O)(=O)c1ccc(C)cc1.